The third-order valence-electron chi connectivity index (χ3n) is 4.16. The number of carbonyl (C=O) groups is 2. The fourth-order valence-electron chi connectivity index (χ4n) is 3.11. The number of carbonyl (C=O) groups excluding carboxylic acids is 2. The number of esters is 1. The Hall–Kier alpha value is -1.68. The Morgan fingerprint density at radius 2 is 2.00 bits per heavy atom. The molecule has 1 aromatic rings. The van der Waals surface area contributed by atoms with Crippen molar-refractivity contribution in [2.24, 2.45) is 5.41 Å². The van der Waals surface area contributed by atoms with Gasteiger partial charge in [-0.1, -0.05) is 13.8 Å². The van der Waals surface area contributed by atoms with Gasteiger partial charge in [0, 0.05) is 16.5 Å². The van der Waals surface area contributed by atoms with E-state index in [0.717, 1.165) is 11.1 Å². The van der Waals surface area contributed by atoms with Crippen LogP contribution < -0.4 is 0 Å². The summed E-state index contributed by atoms with van der Waals surface area (Å²) in [6, 6.07) is 1.60. The Morgan fingerprint density at radius 1 is 1.32 bits per heavy atom. The number of aliphatic hydroxyl groups is 1. The summed E-state index contributed by atoms with van der Waals surface area (Å²) in [7, 11) is 0. The number of fused-ring (bicyclic) bond motifs is 2. The van der Waals surface area contributed by atoms with Crippen molar-refractivity contribution in [1.82, 2.24) is 0 Å². The zero-order valence-electron chi connectivity index (χ0n) is 11.2. The first-order valence-corrected chi connectivity index (χ1v) is 6.39. The predicted molar refractivity (Wildman–Crippen MR) is 68.2 cm³/mol. The number of hydrogen-bond acceptors (Lipinski definition) is 4. The average Bonchev–Trinajstić information content (AvgIpc) is 2.57. The van der Waals surface area contributed by atoms with Crippen LogP contribution in [0.2, 0.25) is 0 Å². The SMILES string of the molecule is Cc1c2c(cc3c1[C@@H](O)COC3=O)C(=O)C(C)(C)C2. The van der Waals surface area contributed by atoms with Gasteiger partial charge < -0.3 is 9.84 Å². The maximum Gasteiger partial charge on any atom is 0.338 e. The van der Waals surface area contributed by atoms with E-state index in [4.69, 9.17) is 4.74 Å². The van der Waals surface area contributed by atoms with Gasteiger partial charge in [-0.25, -0.2) is 4.79 Å². The van der Waals surface area contributed by atoms with Crippen molar-refractivity contribution in [1.29, 1.82) is 0 Å². The van der Waals surface area contributed by atoms with E-state index in [1.54, 1.807) is 6.07 Å². The molecule has 1 heterocycles. The van der Waals surface area contributed by atoms with Crippen LogP contribution in [0.3, 0.4) is 0 Å². The summed E-state index contributed by atoms with van der Waals surface area (Å²) in [6.07, 6.45) is -0.140. The molecule has 1 aliphatic heterocycles. The second-order valence-corrected chi connectivity index (χ2v) is 5.99. The molecule has 1 N–H and O–H groups in total. The normalized spacial score (nSPS) is 23.9. The van der Waals surface area contributed by atoms with Gasteiger partial charge in [-0.05, 0) is 30.5 Å². The molecule has 1 aliphatic carbocycles. The van der Waals surface area contributed by atoms with Gasteiger partial charge in [-0.15, -0.1) is 0 Å². The lowest BCUT2D eigenvalue weighted by Gasteiger charge is -2.24. The third kappa shape index (κ3) is 1.56. The highest BCUT2D eigenvalue weighted by atomic mass is 16.5. The van der Waals surface area contributed by atoms with Crippen LogP contribution in [0.25, 0.3) is 0 Å². The van der Waals surface area contributed by atoms with Crippen LogP contribution in [0.5, 0.6) is 0 Å². The number of cyclic esters (lactones) is 1. The molecule has 1 atom stereocenters. The van der Waals surface area contributed by atoms with Gasteiger partial charge in [0.15, 0.2) is 5.78 Å². The molecule has 2 aliphatic rings. The molecule has 0 radical (unpaired) electrons. The van der Waals surface area contributed by atoms with E-state index in [1.165, 1.54) is 0 Å². The standard InChI is InChI=1S/C15H16O4/c1-7-10-5-15(2,3)13(17)8(10)4-9-12(7)11(16)6-19-14(9)18/h4,11,16H,5-6H2,1-3H3/t11-/m0/s1. The minimum atomic E-state index is -0.795. The zero-order valence-corrected chi connectivity index (χ0v) is 11.2. The third-order valence-corrected chi connectivity index (χ3v) is 4.16. The molecule has 0 amide bonds. The van der Waals surface area contributed by atoms with Crippen LogP contribution in [0, 0.1) is 12.3 Å². The number of rotatable bonds is 0. The molecule has 0 spiro atoms. The van der Waals surface area contributed by atoms with Crippen molar-refractivity contribution in [2.45, 2.75) is 33.3 Å². The fraction of sp³-hybridized carbons (Fsp3) is 0.467. The molecular formula is C15H16O4. The second kappa shape index (κ2) is 3.67. The van der Waals surface area contributed by atoms with E-state index >= 15 is 0 Å². The van der Waals surface area contributed by atoms with E-state index in [1.807, 2.05) is 20.8 Å². The molecule has 0 bridgehead atoms. The van der Waals surface area contributed by atoms with E-state index in [-0.39, 0.29) is 12.4 Å². The zero-order chi connectivity index (χ0) is 13.9. The van der Waals surface area contributed by atoms with E-state index in [9.17, 15) is 14.7 Å². The molecule has 3 rings (SSSR count). The molecule has 0 saturated heterocycles. The Balaban J connectivity index is 2.29. The highest BCUT2D eigenvalue weighted by Gasteiger charge is 2.41. The first-order chi connectivity index (χ1) is 8.83. The molecule has 0 aromatic heterocycles. The fourth-order valence-corrected chi connectivity index (χ4v) is 3.11. The average molecular weight is 260 g/mol. The van der Waals surface area contributed by atoms with Crippen LogP contribution in [-0.4, -0.2) is 23.5 Å². The van der Waals surface area contributed by atoms with Crippen molar-refractivity contribution in [3.63, 3.8) is 0 Å². The van der Waals surface area contributed by atoms with Gasteiger partial charge in [-0.2, -0.15) is 0 Å². The smallest absolute Gasteiger partial charge is 0.338 e. The summed E-state index contributed by atoms with van der Waals surface area (Å²) in [4.78, 5) is 24.1. The van der Waals surface area contributed by atoms with Gasteiger partial charge in [-0.3, -0.25) is 4.79 Å². The summed E-state index contributed by atoms with van der Waals surface area (Å²) in [6.45, 7) is 5.67. The monoisotopic (exact) mass is 260 g/mol. The molecule has 1 aromatic carbocycles. The molecule has 4 heteroatoms. The first-order valence-electron chi connectivity index (χ1n) is 6.39. The minimum Gasteiger partial charge on any atom is -0.459 e. The van der Waals surface area contributed by atoms with E-state index in [0.29, 0.717) is 23.1 Å². The van der Waals surface area contributed by atoms with Crippen molar-refractivity contribution >= 4 is 11.8 Å². The number of ether oxygens (including phenoxy) is 1. The molecule has 19 heavy (non-hydrogen) atoms. The minimum absolute atomic E-state index is 0.0111. The van der Waals surface area contributed by atoms with Crippen molar-refractivity contribution in [2.75, 3.05) is 6.61 Å². The number of aliphatic hydroxyl groups excluding tert-OH is 1. The van der Waals surface area contributed by atoms with Crippen LogP contribution in [-0.2, 0) is 11.2 Å². The molecule has 100 valence electrons. The van der Waals surface area contributed by atoms with Crippen LogP contribution >= 0.6 is 0 Å². The largest absolute Gasteiger partial charge is 0.459 e. The highest BCUT2D eigenvalue weighted by molar-refractivity contribution is 6.07. The Bertz CT molecular complexity index is 613. The predicted octanol–water partition coefficient (Wildman–Crippen LogP) is 1.96. The highest BCUT2D eigenvalue weighted by Crippen LogP contribution is 2.42. The quantitative estimate of drug-likeness (QED) is 0.724. The Labute approximate surface area is 111 Å². The molecular weight excluding hydrogens is 244 g/mol. The number of benzene rings is 1. The van der Waals surface area contributed by atoms with Gasteiger partial charge in [0.25, 0.3) is 0 Å². The van der Waals surface area contributed by atoms with E-state index in [2.05, 4.69) is 0 Å². The lowest BCUT2D eigenvalue weighted by Crippen LogP contribution is -2.24. The second-order valence-electron chi connectivity index (χ2n) is 5.99. The van der Waals surface area contributed by atoms with Crippen molar-refractivity contribution < 1.29 is 19.4 Å². The van der Waals surface area contributed by atoms with Crippen molar-refractivity contribution in [3.05, 3.63) is 33.9 Å². The summed E-state index contributed by atoms with van der Waals surface area (Å²) < 4.78 is 4.92. The maximum atomic E-state index is 12.3. The lowest BCUT2D eigenvalue weighted by atomic mass is 9.88. The topological polar surface area (TPSA) is 63.6 Å². The summed E-state index contributed by atoms with van der Waals surface area (Å²) in [5.74, 6) is -0.398. The number of Topliss-reactive ketones (excluding diaryl/α,β-unsaturated/α-hetero) is 1. The molecule has 4 nitrogen and oxygen atoms in total. The van der Waals surface area contributed by atoms with Gasteiger partial charge in [0.05, 0.1) is 5.56 Å². The maximum absolute atomic E-state index is 12.3. The van der Waals surface area contributed by atoms with Crippen LogP contribution in [0.4, 0.5) is 0 Å². The summed E-state index contributed by atoms with van der Waals surface area (Å²) in [5.41, 5.74) is 2.94. The first kappa shape index (κ1) is 12.4. The van der Waals surface area contributed by atoms with Gasteiger partial charge in [0.2, 0.25) is 0 Å². The van der Waals surface area contributed by atoms with Crippen molar-refractivity contribution in [3.8, 4) is 0 Å². The lowest BCUT2D eigenvalue weighted by molar-refractivity contribution is 0.0165. The number of ketones is 1. The summed E-state index contributed by atoms with van der Waals surface area (Å²) >= 11 is 0. The number of hydrogen-bond donors (Lipinski definition) is 1. The van der Waals surface area contributed by atoms with Gasteiger partial charge in [0.1, 0.15) is 12.7 Å². The summed E-state index contributed by atoms with van der Waals surface area (Å²) in [5, 5.41) is 10.0. The molecule has 0 saturated carbocycles. The molecule has 0 fully saturated rings. The van der Waals surface area contributed by atoms with Crippen LogP contribution in [0.1, 0.15) is 57.4 Å². The van der Waals surface area contributed by atoms with Crippen LogP contribution in [0.15, 0.2) is 6.07 Å². The molecule has 0 unspecified atom stereocenters. The van der Waals surface area contributed by atoms with E-state index < -0.39 is 17.5 Å². The van der Waals surface area contributed by atoms with Gasteiger partial charge >= 0.3 is 5.97 Å². The Morgan fingerprint density at radius 3 is 2.68 bits per heavy atom. The Kier molecular flexibility index (Phi) is 2.39.